The molecule has 3 aromatic rings. The number of pyridine rings is 1. The van der Waals surface area contributed by atoms with Crippen LogP contribution < -0.4 is 14.8 Å². The Kier molecular flexibility index (Phi) is 7.15. The fourth-order valence-electron chi connectivity index (χ4n) is 3.09. The van der Waals surface area contributed by atoms with E-state index in [4.69, 9.17) is 4.74 Å². The fraction of sp³-hybridized carbons (Fsp3) is 0.250. The Morgan fingerprint density at radius 2 is 1.88 bits per heavy atom. The Hall–Kier alpha value is -3.39. The molecule has 1 atom stereocenters. The third kappa shape index (κ3) is 5.64. The van der Waals surface area contributed by atoms with Gasteiger partial charge in [0, 0.05) is 18.3 Å². The summed E-state index contributed by atoms with van der Waals surface area (Å²) in [6, 6.07) is 15.0. The summed E-state index contributed by atoms with van der Waals surface area (Å²) in [5, 5.41) is 2.89. The molecule has 0 aliphatic heterocycles. The normalized spacial score (nSPS) is 12.1. The maximum atomic E-state index is 12.9. The Labute approximate surface area is 188 Å². The van der Waals surface area contributed by atoms with E-state index in [1.165, 1.54) is 6.20 Å². The van der Waals surface area contributed by atoms with Crippen molar-refractivity contribution in [2.75, 3.05) is 4.72 Å². The highest BCUT2D eigenvalue weighted by Gasteiger charge is 2.18. The molecule has 32 heavy (non-hydrogen) atoms. The quantitative estimate of drug-likeness (QED) is 0.510. The van der Waals surface area contributed by atoms with Crippen LogP contribution in [0.15, 0.2) is 65.7 Å². The highest BCUT2D eigenvalue weighted by atomic mass is 32.2. The number of carbonyl (C=O) groups is 1. The zero-order valence-electron chi connectivity index (χ0n) is 18.5. The van der Waals surface area contributed by atoms with Gasteiger partial charge in [0.15, 0.2) is 0 Å². The number of hydrogen-bond acceptors (Lipinski definition) is 5. The van der Waals surface area contributed by atoms with Crippen molar-refractivity contribution in [3.63, 3.8) is 0 Å². The number of amides is 1. The summed E-state index contributed by atoms with van der Waals surface area (Å²) in [7, 11) is -3.77. The molecule has 0 aliphatic carbocycles. The minimum absolute atomic E-state index is 0.0125. The van der Waals surface area contributed by atoms with Gasteiger partial charge in [-0.3, -0.25) is 9.52 Å². The Bertz CT molecular complexity index is 1230. The first-order valence-electron chi connectivity index (χ1n) is 10.3. The van der Waals surface area contributed by atoms with Crippen LogP contribution in [0.1, 0.15) is 41.8 Å². The molecule has 0 saturated heterocycles. The first-order valence-corrected chi connectivity index (χ1v) is 11.8. The van der Waals surface area contributed by atoms with E-state index in [0.29, 0.717) is 22.6 Å². The van der Waals surface area contributed by atoms with Crippen molar-refractivity contribution in [1.29, 1.82) is 0 Å². The fourth-order valence-corrected chi connectivity index (χ4v) is 4.37. The van der Waals surface area contributed by atoms with E-state index in [0.717, 1.165) is 12.0 Å². The number of ether oxygens (including phenoxy) is 1. The number of anilines is 1. The van der Waals surface area contributed by atoms with Gasteiger partial charge in [-0.2, -0.15) is 0 Å². The molecule has 2 aromatic carbocycles. The van der Waals surface area contributed by atoms with Crippen molar-refractivity contribution >= 4 is 21.6 Å². The van der Waals surface area contributed by atoms with Crippen molar-refractivity contribution in [1.82, 2.24) is 10.3 Å². The molecule has 1 amide bonds. The van der Waals surface area contributed by atoms with Gasteiger partial charge in [0.1, 0.15) is 11.3 Å². The Morgan fingerprint density at radius 3 is 2.59 bits per heavy atom. The Morgan fingerprint density at radius 1 is 1.09 bits per heavy atom. The first kappa shape index (κ1) is 23.3. The van der Waals surface area contributed by atoms with Gasteiger partial charge >= 0.3 is 0 Å². The molecule has 0 fully saturated rings. The molecule has 0 aliphatic rings. The van der Waals surface area contributed by atoms with Gasteiger partial charge in [0.25, 0.3) is 15.9 Å². The summed E-state index contributed by atoms with van der Waals surface area (Å²) in [4.78, 5) is 17.0. The maximum absolute atomic E-state index is 12.9. The van der Waals surface area contributed by atoms with E-state index >= 15 is 0 Å². The van der Waals surface area contributed by atoms with Crippen LogP contribution in [0.25, 0.3) is 0 Å². The number of benzene rings is 2. The van der Waals surface area contributed by atoms with Crippen LogP contribution in [0.2, 0.25) is 0 Å². The van der Waals surface area contributed by atoms with Crippen molar-refractivity contribution in [2.45, 2.75) is 45.1 Å². The number of nitrogens with zero attached hydrogens (tertiary/aromatic N) is 1. The van der Waals surface area contributed by atoms with Crippen molar-refractivity contribution < 1.29 is 17.9 Å². The predicted octanol–water partition coefficient (Wildman–Crippen LogP) is 4.82. The summed E-state index contributed by atoms with van der Waals surface area (Å²) in [5.74, 6) is 0.207. The van der Waals surface area contributed by atoms with E-state index in [1.807, 2.05) is 26.8 Å². The van der Waals surface area contributed by atoms with E-state index in [2.05, 4.69) is 15.0 Å². The van der Waals surface area contributed by atoms with Crippen molar-refractivity contribution in [3.8, 4) is 11.6 Å². The molecular weight excluding hydrogens is 426 g/mol. The average Bonchev–Trinajstić information content (AvgIpc) is 2.73. The lowest BCUT2D eigenvalue weighted by Crippen LogP contribution is -2.32. The van der Waals surface area contributed by atoms with E-state index in [9.17, 15) is 13.2 Å². The second kappa shape index (κ2) is 9.82. The second-order valence-corrected chi connectivity index (χ2v) is 9.29. The molecular formula is C24H27N3O4S. The topological polar surface area (TPSA) is 97.4 Å². The standard InChI is InChI=1S/C24H27N3O4S/c1-5-18(4)26-23(28)21-10-7-13-25-24(21)31-20-9-6-8-19(15-20)27-32(29,30)22-12-11-16(2)14-17(22)3/h6-15,18,27H,5H2,1-4H3,(H,26,28). The molecule has 1 aromatic heterocycles. The van der Waals surface area contributed by atoms with Crippen LogP contribution >= 0.6 is 0 Å². The second-order valence-electron chi connectivity index (χ2n) is 7.64. The maximum Gasteiger partial charge on any atom is 0.262 e. The SMILES string of the molecule is CCC(C)NC(=O)c1cccnc1Oc1cccc(NS(=O)(=O)c2ccc(C)cc2C)c1. The zero-order chi connectivity index (χ0) is 23.3. The monoisotopic (exact) mass is 453 g/mol. The third-order valence-corrected chi connectivity index (χ3v) is 6.47. The summed E-state index contributed by atoms with van der Waals surface area (Å²) in [6.07, 6.45) is 2.33. The number of nitrogens with one attached hydrogen (secondary N) is 2. The summed E-state index contributed by atoms with van der Waals surface area (Å²) in [6.45, 7) is 7.57. The lowest BCUT2D eigenvalue weighted by atomic mass is 10.2. The minimum atomic E-state index is -3.77. The van der Waals surface area contributed by atoms with Gasteiger partial charge in [0.2, 0.25) is 5.88 Å². The number of hydrogen-bond donors (Lipinski definition) is 2. The van der Waals surface area contributed by atoms with E-state index < -0.39 is 10.0 Å². The summed E-state index contributed by atoms with van der Waals surface area (Å²) < 4.78 is 34.1. The van der Waals surface area contributed by atoms with E-state index in [-0.39, 0.29) is 22.7 Å². The van der Waals surface area contributed by atoms with Gasteiger partial charge in [-0.15, -0.1) is 0 Å². The van der Waals surface area contributed by atoms with Gasteiger partial charge in [0.05, 0.1) is 10.6 Å². The minimum Gasteiger partial charge on any atom is -0.438 e. The third-order valence-electron chi connectivity index (χ3n) is 4.93. The smallest absolute Gasteiger partial charge is 0.262 e. The van der Waals surface area contributed by atoms with Crippen molar-refractivity contribution in [3.05, 3.63) is 77.5 Å². The van der Waals surface area contributed by atoms with Gasteiger partial charge in [-0.05, 0) is 63.1 Å². The van der Waals surface area contributed by atoms with Crippen LogP contribution in [0.5, 0.6) is 11.6 Å². The number of aromatic nitrogens is 1. The number of sulfonamides is 1. The molecule has 0 bridgehead atoms. The van der Waals surface area contributed by atoms with Crippen molar-refractivity contribution in [2.24, 2.45) is 0 Å². The largest absolute Gasteiger partial charge is 0.438 e. The predicted molar refractivity (Wildman–Crippen MR) is 125 cm³/mol. The lowest BCUT2D eigenvalue weighted by molar-refractivity contribution is 0.0936. The molecule has 1 heterocycles. The van der Waals surface area contributed by atoms with Crippen LogP contribution in [0.3, 0.4) is 0 Å². The zero-order valence-corrected chi connectivity index (χ0v) is 19.4. The average molecular weight is 454 g/mol. The first-order chi connectivity index (χ1) is 15.2. The number of aryl methyl sites for hydroxylation is 2. The Balaban J connectivity index is 1.83. The molecule has 0 radical (unpaired) electrons. The highest BCUT2D eigenvalue weighted by molar-refractivity contribution is 7.92. The summed E-state index contributed by atoms with van der Waals surface area (Å²) >= 11 is 0. The number of rotatable bonds is 8. The molecule has 1 unspecified atom stereocenters. The van der Waals surface area contributed by atoms with Crippen LogP contribution in [-0.2, 0) is 10.0 Å². The molecule has 2 N–H and O–H groups in total. The molecule has 7 nitrogen and oxygen atoms in total. The van der Waals surface area contributed by atoms with Gasteiger partial charge in [-0.25, -0.2) is 13.4 Å². The highest BCUT2D eigenvalue weighted by Crippen LogP contribution is 2.27. The molecule has 0 spiro atoms. The molecule has 8 heteroatoms. The van der Waals surface area contributed by atoms with Gasteiger partial charge < -0.3 is 10.1 Å². The molecule has 0 saturated carbocycles. The van der Waals surface area contributed by atoms with Crippen LogP contribution in [-0.4, -0.2) is 25.4 Å². The molecule has 3 rings (SSSR count). The number of carbonyl (C=O) groups excluding carboxylic acids is 1. The molecule has 168 valence electrons. The van der Waals surface area contributed by atoms with Crippen LogP contribution in [0, 0.1) is 13.8 Å². The lowest BCUT2D eigenvalue weighted by Gasteiger charge is -2.14. The van der Waals surface area contributed by atoms with Crippen LogP contribution in [0.4, 0.5) is 5.69 Å². The summed E-state index contributed by atoms with van der Waals surface area (Å²) in [5.41, 5.74) is 2.29. The van der Waals surface area contributed by atoms with E-state index in [1.54, 1.807) is 55.5 Å². The van der Waals surface area contributed by atoms with Gasteiger partial charge in [-0.1, -0.05) is 30.7 Å².